The van der Waals surface area contributed by atoms with E-state index in [0.29, 0.717) is 4.77 Å². The molecule has 0 amide bonds. The number of pyridine rings is 1. The van der Waals surface area contributed by atoms with E-state index in [1.54, 1.807) is 6.20 Å². The van der Waals surface area contributed by atoms with E-state index in [1.807, 2.05) is 30.5 Å². The van der Waals surface area contributed by atoms with Crippen LogP contribution in [-0.2, 0) is 12.8 Å². The van der Waals surface area contributed by atoms with Gasteiger partial charge in [-0.15, -0.1) is 0 Å². The molecule has 0 aromatic carbocycles. The van der Waals surface area contributed by atoms with Crippen molar-refractivity contribution < 1.29 is 0 Å². The largest absolute Gasteiger partial charge is 0.335 e. The Morgan fingerprint density at radius 3 is 2.73 bits per heavy atom. The van der Waals surface area contributed by atoms with Gasteiger partial charge in [0.2, 0.25) is 0 Å². The van der Waals surface area contributed by atoms with Crippen molar-refractivity contribution in [2.24, 2.45) is 0 Å². The molecule has 15 heavy (non-hydrogen) atoms. The first-order valence-corrected chi connectivity index (χ1v) is 5.19. The van der Waals surface area contributed by atoms with Gasteiger partial charge in [0.15, 0.2) is 4.77 Å². The average molecular weight is 217 g/mol. The molecule has 4 heteroatoms. The zero-order chi connectivity index (χ0) is 10.5. The normalized spacial score (nSPS) is 10.1. The minimum atomic E-state index is 0.536. The van der Waals surface area contributed by atoms with Gasteiger partial charge in [-0.1, -0.05) is 6.07 Å². The summed E-state index contributed by atoms with van der Waals surface area (Å²) in [5.41, 5.74) is 2.19. The van der Waals surface area contributed by atoms with Crippen molar-refractivity contribution >= 4 is 12.2 Å². The minimum absolute atomic E-state index is 0.536. The third kappa shape index (κ3) is 2.95. The number of H-pyrrole nitrogens is 1. The van der Waals surface area contributed by atoms with E-state index in [0.717, 1.165) is 24.2 Å². The highest BCUT2D eigenvalue weighted by atomic mass is 32.1. The van der Waals surface area contributed by atoms with Gasteiger partial charge in [-0.25, -0.2) is 4.98 Å². The first-order valence-electron chi connectivity index (χ1n) is 4.79. The van der Waals surface area contributed by atoms with E-state index in [-0.39, 0.29) is 0 Å². The molecule has 0 unspecified atom stereocenters. The van der Waals surface area contributed by atoms with E-state index in [1.165, 1.54) is 0 Å². The predicted molar refractivity (Wildman–Crippen MR) is 61.1 cm³/mol. The van der Waals surface area contributed by atoms with Crippen LogP contribution in [0.25, 0.3) is 0 Å². The summed E-state index contributed by atoms with van der Waals surface area (Å²) in [6, 6.07) is 7.88. The molecule has 0 saturated heterocycles. The molecular weight excluding hydrogens is 206 g/mol. The number of rotatable bonds is 3. The molecule has 0 aliphatic rings. The van der Waals surface area contributed by atoms with Crippen LogP contribution in [0, 0.1) is 4.77 Å². The van der Waals surface area contributed by atoms with Crippen LogP contribution in [0.15, 0.2) is 36.7 Å². The van der Waals surface area contributed by atoms with Crippen molar-refractivity contribution in [2.75, 3.05) is 0 Å². The van der Waals surface area contributed by atoms with Crippen LogP contribution in [0.5, 0.6) is 0 Å². The lowest BCUT2D eigenvalue weighted by Gasteiger charge is -2.00. The van der Waals surface area contributed by atoms with E-state index in [4.69, 9.17) is 12.2 Å². The highest BCUT2D eigenvalue weighted by Crippen LogP contribution is 2.01. The third-order valence-corrected chi connectivity index (χ3v) is 2.32. The summed E-state index contributed by atoms with van der Waals surface area (Å²) in [6.07, 6.45) is 5.36. The second-order valence-electron chi connectivity index (χ2n) is 3.22. The fourth-order valence-corrected chi connectivity index (χ4v) is 1.55. The third-order valence-electron chi connectivity index (χ3n) is 2.11. The fourth-order valence-electron chi connectivity index (χ4n) is 1.36. The summed E-state index contributed by atoms with van der Waals surface area (Å²) in [5, 5.41) is 0. The quantitative estimate of drug-likeness (QED) is 0.802. The number of hydrogen-bond donors (Lipinski definition) is 1. The smallest absolute Gasteiger partial charge is 0.196 e. The lowest BCUT2D eigenvalue weighted by atomic mass is 10.2. The van der Waals surface area contributed by atoms with Gasteiger partial charge in [-0.2, -0.15) is 0 Å². The van der Waals surface area contributed by atoms with Gasteiger partial charge in [0.25, 0.3) is 0 Å². The van der Waals surface area contributed by atoms with Gasteiger partial charge in [0, 0.05) is 23.8 Å². The second-order valence-corrected chi connectivity index (χ2v) is 3.61. The molecule has 1 N–H and O–H groups in total. The SMILES string of the molecule is S=c1nccc(CCc2ccccn2)[nH]1. The second kappa shape index (κ2) is 4.79. The Hall–Kier alpha value is -1.55. The van der Waals surface area contributed by atoms with Crippen molar-refractivity contribution in [2.45, 2.75) is 12.8 Å². The van der Waals surface area contributed by atoms with Gasteiger partial charge in [0.05, 0.1) is 0 Å². The van der Waals surface area contributed by atoms with E-state index < -0.39 is 0 Å². The van der Waals surface area contributed by atoms with Gasteiger partial charge in [0.1, 0.15) is 0 Å². The number of nitrogens with one attached hydrogen (secondary N) is 1. The summed E-state index contributed by atoms with van der Waals surface area (Å²) in [6.45, 7) is 0. The van der Waals surface area contributed by atoms with Crippen molar-refractivity contribution in [3.05, 3.63) is 52.8 Å². The van der Waals surface area contributed by atoms with E-state index >= 15 is 0 Å². The van der Waals surface area contributed by atoms with Crippen LogP contribution in [0.1, 0.15) is 11.4 Å². The number of aromatic amines is 1. The molecule has 0 aliphatic heterocycles. The predicted octanol–water partition coefficient (Wildman–Crippen LogP) is 2.32. The molecule has 2 aromatic heterocycles. The standard InChI is InChI=1S/C11H11N3S/c15-11-13-8-6-10(14-11)5-4-9-3-1-2-7-12-9/h1-3,6-8H,4-5H2,(H,13,14,15). The maximum Gasteiger partial charge on any atom is 0.196 e. The first-order chi connectivity index (χ1) is 7.34. The van der Waals surface area contributed by atoms with Gasteiger partial charge < -0.3 is 4.98 Å². The lowest BCUT2D eigenvalue weighted by molar-refractivity contribution is 0.866. The van der Waals surface area contributed by atoms with E-state index in [9.17, 15) is 0 Å². The molecular formula is C11H11N3S. The number of aromatic nitrogens is 3. The van der Waals surface area contributed by atoms with Gasteiger partial charge in [-0.05, 0) is 43.3 Å². The lowest BCUT2D eigenvalue weighted by Crippen LogP contribution is -1.96. The number of hydrogen-bond acceptors (Lipinski definition) is 3. The summed E-state index contributed by atoms with van der Waals surface area (Å²) >= 11 is 4.95. The molecule has 0 atom stereocenters. The fraction of sp³-hybridized carbons (Fsp3) is 0.182. The first kappa shape index (κ1) is 9.98. The molecule has 0 radical (unpaired) electrons. The Morgan fingerprint density at radius 2 is 2.00 bits per heavy atom. The summed E-state index contributed by atoms with van der Waals surface area (Å²) in [7, 11) is 0. The molecule has 0 saturated carbocycles. The van der Waals surface area contributed by atoms with Crippen LogP contribution in [0.4, 0.5) is 0 Å². The van der Waals surface area contributed by atoms with Gasteiger partial charge in [-0.3, -0.25) is 4.98 Å². The Morgan fingerprint density at radius 1 is 1.07 bits per heavy atom. The summed E-state index contributed by atoms with van der Waals surface area (Å²) < 4.78 is 0.536. The van der Waals surface area contributed by atoms with Crippen molar-refractivity contribution in [1.82, 2.24) is 15.0 Å². The molecule has 2 rings (SSSR count). The Kier molecular flexibility index (Phi) is 3.19. The maximum atomic E-state index is 4.95. The van der Waals surface area contributed by atoms with Crippen LogP contribution in [-0.4, -0.2) is 15.0 Å². The average Bonchev–Trinajstić information content (AvgIpc) is 2.28. The van der Waals surface area contributed by atoms with Crippen molar-refractivity contribution in [1.29, 1.82) is 0 Å². The Labute approximate surface area is 93.2 Å². The Balaban J connectivity index is 2.02. The van der Waals surface area contributed by atoms with Crippen LogP contribution in [0.2, 0.25) is 0 Å². The van der Waals surface area contributed by atoms with Crippen molar-refractivity contribution in [3.8, 4) is 0 Å². The molecule has 3 nitrogen and oxygen atoms in total. The topological polar surface area (TPSA) is 41.6 Å². The van der Waals surface area contributed by atoms with Gasteiger partial charge >= 0.3 is 0 Å². The summed E-state index contributed by atoms with van der Waals surface area (Å²) in [5.74, 6) is 0. The summed E-state index contributed by atoms with van der Waals surface area (Å²) in [4.78, 5) is 11.3. The Bertz CT molecular complexity index is 478. The zero-order valence-corrected chi connectivity index (χ0v) is 9.00. The maximum absolute atomic E-state index is 4.95. The molecule has 2 heterocycles. The number of aryl methyl sites for hydroxylation is 2. The molecule has 0 fully saturated rings. The molecule has 0 spiro atoms. The molecule has 76 valence electrons. The van der Waals surface area contributed by atoms with Crippen molar-refractivity contribution in [3.63, 3.8) is 0 Å². The molecule has 0 aliphatic carbocycles. The van der Waals surface area contributed by atoms with Crippen LogP contribution < -0.4 is 0 Å². The highest BCUT2D eigenvalue weighted by Gasteiger charge is 1.96. The zero-order valence-electron chi connectivity index (χ0n) is 8.18. The van der Waals surface area contributed by atoms with Crippen LogP contribution >= 0.6 is 12.2 Å². The van der Waals surface area contributed by atoms with E-state index in [2.05, 4.69) is 15.0 Å². The van der Waals surface area contributed by atoms with Crippen LogP contribution in [0.3, 0.4) is 0 Å². The molecule has 0 bridgehead atoms. The monoisotopic (exact) mass is 217 g/mol. The highest BCUT2D eigenvalue weighted by molar-refractivity contribution is 7.71. The molecule has 2 aromatic rings. The number of nitrogens with zero attached hydrogens (tertiary/aromatic N) is 2. The minimum Gasteiger partial charge on any atom is -0.335 e.